The van der Waals surface area contributed by atoms with Crippen molar-refractivity contribution in [1.29, 1.82) is 0 Å². The molecule has 2 heterocycles. The number of anilines is 1. The van der Waals surface area contributed by atoms with E-state index in [0.29, 0.717) is 12.0 Å². The van der Waals surface area contributed by atoms with Gasteiger partial charge in [-0.2, -0.15) is 0 Å². The van der Waals surface area contributed by atoms with Crippen LogP contribution >= 0.6 is 15.9 Å². The third-order valence-electron chi connectivity index (χ3n) is 3.13. The second-order valence-electron chi connectivity index (χ2n) is 4.43. The number of fused-ring (bicyclic) bond motifs is 1. The lowest BCUT2D eigenvalue weighted by atomic mass is 10.1. The summed E-state index contributed by atoms with van der Waals surface area (Å²) in [6.45, 7) is -0.0491. The van der Waals surface area contributed by atoms with E-state index in [1.807, 2.05) is 0 Å². The minimum atomic E-state index is -0.758. The molecule has 0 aliphatic carbocycles. The summed E-state index contributed by atoms with van der Waals surface area (Å²) in [5, 5.41) is 0. The number of benzene rings is 1. The van der Waals surface area contributed by atoms with Crippen molar-refractivity contribution in [2.45, 2.75) is 6.54 Å². The summed E-state index contributed by atoms with van der Waals surface area (Å²) >= 11 is 2.98. The molecule has 0 fully saturated rings. The van der Waals surface area contributed by atoms with Crippen molar-refractivity contribution in [3.05, 3.63) is 51.6 Å². The molecule has 0 unspecified atom stereocenters. The summed E-state index contributed by atoms with van der Waals surface area (Å²) in [5.74, 6) is -1.59. The zero-order valence-electron chi connectivity index (χ0n) is 10.4. The lowest BCUT2D eigenvalue weighted by Crippen LogP contribution is -2.28. The van der Waals surface area contributed by atoms with Gasteiger partial charge in [-0.3, -0.25) is 19.3 Å². The molecule has 1 aliphatic rings. The summed E-state index contributed by atoms with van der Waals surface area (Å²) < 4.78 is 18.9. The van der Waals surface area contributed by atoms with Crippen LogP contribution in [0.3, 0.4) is 0 Å². The van der Waals surface area contributed by atoms with Crippen LogP contribution in [0.25, 0.3) is 0 Å². The van der Waals surface area contributed by atoms with Gasteiger partial charge in [0.25, 0.3) is 11.7 Å². The number of rotatable bonds is 3. The van der Waals surface area contributed by atoms with Crippen LogP contribution < -0.4 is 4.90 Å². The summed E-state index contributed by atoms with van der Waals surface area (Å²) in [4.78, 5) is 35.6. The molecule has 1 aliphatic heterocycles. The highest BCUT2D eigenvalue weighted by Gasteiger charge is 2.37. The Morgan fingerprint density at radius 2 is 2.05 bits per heavy atom. The number of hydrogen-bond donors (Lipinski definition) is 0. The topological polar surface area (TPSA) is 67.6 Å². The zero-order valence-corrected chi connectivity index (χ0v) is 12.0. The van der Waals surface area contributed by atoms with Gasteiger partial charge in [0, 0.05) is 0 Å². The monoisotopic (exact) mass is 351 g/mol. The van der Waals surface area contributed by atoms with Crippen molar-refractivity contribution in [2.75, 3.05) is 4.90 Å². The molecule has 106 valence electrons. The van der Waals surface area contributed by atoms with Gasteiger partial charge >= 0.3 is 0 Å². The van der Waals surface area contributed by atoms with Crippen molar-refractivity contribution in [3.8, 4) is 0 Å². The fourth-order valence-electron chi connectivity index (χ4n) is 2.14. The van der Waals surface area contributed by atoms with Crippen LogP contribution in [-0.2, 0) is 11.3 Å². The average molecular weight is 352 g/mol. The highest BCUT2D eigenvalue weighted by atomic mass is 79.9. The molecule has 0 saturated carbocycles. The molecule has 0 N–H and O–H groups in total. The Kier molecular flexibility index (Phi) is 3.21. The normalized spacial score (nSPS) is 13.7. The minimum absolute atomic E-state index is 0.0491. The zero-order chi connectivity index (χ0) is 15.1. The first kappa shape index (κ1) is 13.7. The quantitative estimate of drug-likeness (QED) is 0.629. The van der Waals surface area contributed by atoms with Crippen LogP contribution in [0, 0.1) is 5.82 Å². The number of nitrogens with zero attached hydrogens (tertiary/aromatic N) is 1. The maximum atomic E-state index is 13.6. The lowest BCUT2D eigenvalue weighted by Gasteiger charge is -2.15. The van der Waals surface area contributed by atoms with E-state index in [-0.39, 0.29) is 28.0 Å². The number of hydrogen-bond acceptors (Lipinski definition) is 4. The number of carbonyl (C=O) groups excluding carboxylic acids is 3. The standard InChI is InChI=1S/C14H7BrFNO4/c15-10-3-9-12(4-11(10)16)17(14(20)13(9)19)5-7-1-2-8(6-18)21-7/h1-4,6H,5H2. The molecular formula is C14H7BrFNO4. The molecule has 0 saturated heterocycles. The largest absolute Gasteiger partial charge is 0.456 e. The summed E-state index contributed by atoms with van der Waals surface area (Å²) in [5.41, 5.74) is 0.324. The van der Waals surface area contributed by atoms with E-state index in [0.717, 1.165) is 11.0 Å². The smallest absolute Gasteiger partial charge is 0.299 e. The van der Waals surface area contributed by atoms with E-state index >= 15 is 0 Å². The maximum Gasteiger partial charge on any atom is 0.299 e. The van der Waals surface area contributed by atoms with Gasteiger partial charge in [0.05, 0.1) is 22.3 Å². The molecule has 0 spiro atoms. The van der Waals surface area contributed by atoms with E-state index in [1.54, 1.807) is 0 Å². The van der Waals surface area contributed by atoms with E-state index < -0.39 is 17.5 Å². The van der Waals surface area contributed by atoms with Gasteiger partial charge in [-0.25, -0.2) is 4.39 Å². The van der Waals surface area contributed by atoms with E-state index in [4.69, 9.17) is 4.42 Å². The van der Waals surface area contributed by atoms with Gasteiger partial charge in [-0.15, -0.1) is 0 Å². The van der Waals surface area contributed by atoms with Crippen molar-refractivity contribution in [1.82, 2.24) is 0 Å². The second-order valence-corrected chi connectivity index (χ2v) is 5.28. The number of Topliss-reactive ketones (excluding diaryl/α,β-unsaturated/α-hetero) is 1. The van der Waals surface area contributed by atoms with Crippen LogP contribution in [0.5, 0.6) is 0 Å². The van der Waals surface area contributed by atoms with Crippen molar-refractivity contribution in [3.63, 3.8) is 0 Å². The fraction of sp³-hybridized carbons (Fsp3) is 0.0714. The minimum Gasteiger partial charge on any atom is -0.456 e. The number of aldehydes is 1. The van der Waals surface area contributed by atoms with Crippen LogP contribution in [0.1, 0.15) is 26.7 Å². The Balaban J connectivity index is 2.00. The number of furan rings is 1. The van der Waals surface area contributed by atoms with Gasteiger partial charge in [0.15, 0.2) is 12.0 Å². The SMILES string of the molecule is O=Cc1ccc(CN2C(=O)C(=O)c3cc(Br)c(F)cc32)o1. The van der Waals surface area contributed by atoms with Crippen molar-refractivity contribution >= 4 is 39.6 Å². The Bertz CT molecular complexity index is 783. The molecule has 5 nitrogen and oxygen atoms in total. The Hall–Kier alpha value is -2.28. The summed E-state index contributed by atoms with van der Waals surface area (Å²) in [7, 11) is 0. The van der Waals surface area contributed by atoms with E-state index in [2.05, 4.69) is 15.9 Å². The van der Waals surface area contributed by atoms with Crippen molar-refractivity contribution < 1.29 is 23.2 Å². The first-order chi connectivity index (χ1) is 10.0. The van der Waals surface area contributed by atoms with Crippen LogP contribution in [0.15, 0.2) is 33.2 Å². The number of halogens is 2. The second kappa shape index (κ2) is 4.92. The predicted octanol–water partition coefficient (Wildman–Crippen LogP) is 2.72. The third kappa shape index (κ3) is 2.19. The predicted molar refractivity (Wildman–Crippen MR) is 73.7 cm³/mol. The van der Waals surface area contributed by atoms with Crippen LogP contribution in [0.4, 0.5) is 10.1 Å². The summed E-state index contributed by atoms with van der Waals surface area (Å²) in [6.07, 6.45) is 0.533. The molecule has 7 heteroatoms. The molecule has 3 rings (SSSR count). The fourth-order valence-corrected chi connectivity index (χ4v) is 2.49. The van der Waals surface area contributed by atoms with Gasteiger partial charge in [-0.05, 0) is 40.2 Å². The molecular weight excluding hydrogens is 345 g/mol. The van der Waals surface area contributed by atoms with E-state index in [1.165, 1.54) is 18.2 Å². The molecule has 21 heavy (non-hydrogen) atoms. The van der Waals surface area contributed by atoms with Gasteiger partial charge in [0.2, 0.25) is 0 Å². The molecule has 1 amide bonds. The molecule has 1 aromatic carbocycles. The number of ketones is 1. The molecule has 0 radical (unpaired) electrons. The van der Waals surface area contributed by atoms with Gasteiger partial charge in [-0.1, -0.05) is 0 Å². The first-order valence-electron chi connectivity index (χ1n) is 5.90. The highest BCUT2D eigenvalue weighted by Crippen LogP contribution is 2.34. The lowest BCUT2D eigenvalue weighted by molar-refractivity contribution is -0.114. The Morgan fingerprint density at radius 3 is 2.71 bits per heavy atom. The van der Waals surface area contributed by atoms with Gasteiger partial charge in [0.1, 0.15) is 11.6 Å². The first-order valence-corrected chi connectivity index (χ1v) is 6.69. The van der Waals surface area contributed by atoms with Crippen LogP contribution in [-0.4, -0.2) is 18.0 Å². The molecule has 1 aromatic heterocycles. The molecule has 0 atom stereocenters. The Labute approximate surface area is 126 Å². The third-order valence-corrected chi connectivity index (χ3v) is 3.73. The van der Waals surface area contributed by atoms with Crippen molar-refractivity contribution in [2.24, 2.45) is 0 Å². The molecule has 2 aromatic rings. The maximum absolute atomic E-state index is 13.6. The Morgan fingerprint density at radius 1 is 1.29 bits per heavy atom. The highest BCUT2D eigenvalue weighted by molar-refractivity contribution is 9.10. The summed E-state index contributed by atoms with van der Waals surface area (Å²) in [6, 6.07) is 5.37. The van der Waals surface area contributed by atoms with E-state index in [9.17, 15) is 18.8 Å². The average Bonchev–Trinajstić information content (AvgIpc) is 3.01. The number of carbonyl (C=O) groups is 3. The molecule has 0 bridgehead atoms. The van der Waals surface area contributed by atoms with Crippen LogP contribution in [0.2, 0.25) is 0 Å². The number of amides is 1. The van der Waals surface area contributed by atoms with Gasteiger partial charge < -0.3 is 4.42 Å².